The lowest BCUT2D eigenvalue weighted by Gasteiger charge is -2.23. The van der Waals surface area contributed by atoms with E-state index in [4.69, 9.17) is 11.5 Å². The molecule has 2 aliphatic rings. The van der Waals surface area contributed by atoms with Crippen LogP contribution >= 0.6 is 0 Å². The molecular weight excluding hydrogens is 168 g/mol. The molecular formula is C7H10N6. The minimum Gasteiger partial charge on any atom is -0.385 e. The maximum atomic E-state index is 5.65. The second-order valence-corrected chi connectivity index (χ2v) is 2.93. The van der Waals surface area contributed by atoms with E-state index in [2.05, 4.69) is 20.0 Å². The van der Waals surface area contributed by atoms with E-state index in [0.29, 0.717) is 5.84 Å². The fourth-order valence-corrected chi connectivity index (χ4v) is 1.27. The highest BCUT2D eigenvalue weighted by molar-refractivity contribution is 6.30. The number of fused-ring (bicyclic) bond motifs is 1. The Morgan fingerprint density at radius 3 is 2.85 bits per heavy atom. The second kappa shape index (κ2) is 2.65. The topological polar surface area (TPSA) is 101 Å². The quantitative estimate of drug-likeness (QED) is 0.492. The monoisotopic (exact) mass is 178 g/mol. The Labute approximate surface area is 75.2 Å². The zero-order valence-corrected chi connectivity index (χ0v) is 7.18. The summed E-state index contributed by atoms with van der Waals surface area (Å²) < 4.78 is 0. The van der Waals surface area contributed by atoms with Gasteiger partial charge >= 0.3 is 0 Å². The fraction of sp³-hybridized carbons (Fsp3) is 0.429. The summed E-state index contributed by atoms with van der Waals surface area (Å²) in [6.45, 7) is 1.86. The van der Waals surface area contributed by atoms with E-state index in [1.165, 1.54) is 0 Å². The fourth-order valence-electron chi connectivity index (χ4n) is 1.27. The SMILES string of the molecule is CC1=NC2C(N)=NC(N)=NC2N=C1. The Bertz CT molecular complexity index is 350. The lowest BCUT2D eigenvalue weighted by molar-refractivity contribution is 0.638. The highest BCUT2D eigenvalue weighted by atomic mass is 15.2. The molecule has 2 rings (SSSR count). The van der Waals surface area contributed by atoms with E-state index < -0.39 is 0 Å². The van der Waals surface area contributed by atoms with Gasteiger partial charge in [0.25, 0.3) is 0 Å². The summed E-state index contributed by atoms with van der Waals surface area (Å²) in [7, 11) is 0. The van der Waals surface area contributed by atoms with Gasteiger partial charge in [-0.15, -0.1) is 0 Å². The van der Waals surface area contributed by atoms with Crippen LogP contribution in [-0.4, -0.2) is 35.9 Å². The van der Waals surface area contributed by atoms with Gasteiger partial charge in [0, 0.05) is 6.21 Å². The van der Waals surface area contributed by atoms with E-state index in [-0.39, 0.29) is 18.2 Å². The third-order valence-corrected chi connectivity index (χ3v) is 1.85. The first-order chi connectivity index (χ1) is 6.16. The van der Waals surface area contributed by atoms with Crippen molar-refractivity contribution >= 4 is 23.7 Å². The molecule has 6 nitrogen and oxygen atoms in total. The van der Waals surface area contributed by atoms with Crippen molar-refractivity contribution in [2.75, 3.05) is 0 Å². The average molecular weight is 178 g/mol. The van der Waals surface area contributed by atoms with Gasteiger partial charge in [-0.2, -0.15) is 4.99 Å². The van der Waals surface area contributed by atoms with Gasteiger partial charge in [-0.05, 0) is 6.92 Å². The predicted molar refractivity (Wildman–Crippen MR) is 52.4 cm³/mol. The van der Waals surface area contributed by atoms with Crippen LogP contribution in [0, 0.1) is 0 Å². The van der Waals surface area contributed by atoms with Crippen LogP contribution in [0.4, 0.5) is 0 Å². The van der Waals surface area contributed by atoms with E-state index in [0.717, 1.165) is 5.71 Å². The first kappa shape index (κ1) is 7.90. The lowest BCUT2D eigenvalue weighted by atomic mass is 10.1. The van der Waals surface area contributed by atoms with Crippen LogP contribution in [0.3, 0.4) is 0 Å². The van der Waals surface area contributed by atoms with Crippen molar-refractivity contribution in [3.63, 3.8) is 0 Å². The van der Waals surface area contributed by atoms with Gasteiger partial charge in [-0.3, -0.25) is 9.98 Å². The molecule has 0 fully saturated rings. The Morgan fingerprint density at radius 1 is 1.31 bits per heavy atom. The summed E-state index contributed by atoms with van der Waals surface area (Å²) in [5, 5.41) is 0. The molecule has 4 N–H and O–H groups in total. The Hall–Kier alpha value is -1.72. The molecule has 13 heavy (non-hydrogen) atoms. The third-order valence-electron chi connectivity index (χ3n) is 1.85. The molecule has 0 spiro atoms. The van der Waals surface area contributed by atoms with E-state index >= 15 is 0 Å². The molecule has 2 unspecified atom stereocenters. The predicted octanol–water partition coefficient (Wildman–Crippen LogP) is -1.09. The molecule has 0 saturated heterocycles. The number of nitrogens with two attached hydrogens (primary N) is 2. The molecule has 0 amide bonds. The summed E-state index contributed by atoms with van der Waals surface area (Å²) >= 11 is 0. The van der Waals surface area contributed by atoms with Gasteiger partial charge in [0.2, 0.25) is 5.96 Å². The van der Waals surface area contributed by atoms with Gasteiger partial charge < -0.3 is 11.5 Å². The first-order valence-electron chi connectivity index (χ1n) is 3.92. The molecule has 68 valence electrons. The maximum Gasteiger partial charge on any atom is 0.219 e. The van der Waals surface area contributed by atoms with Gasteiger partial charge in [-0.25, -0.2) is 4.99 Å². The summed E-state index contributed by atoms with van der Waals surface area (Å²) in [5.74, 6) is 0.555. The summed E-state index contributed by atoms with van der Waals surface area (Å²) in [4.78, 5) is 16.3. The zero-order valence-electron chi connectivity index (χ0n) is 7.18. The van der Waals surface area contributed by atoms with Crippen LogP contribution < -0.4 is 11.5 Å². The average Bonchev–Trinajstić information content (AvgIpc) is 2.06. The van der Waals surface area contributed by atoms with Crippen LogP contribution in [0.2, 0.25) is 0 Å². The number of hydrogen-bond acceptors (Lipinski definition) is 6. The highest BCUT2D eigenvalue weighted by Crippen LogP contribution is 2.13. The lowest BCUT2D eigenvalue weighted by Crippen LogP contribution is -2.43. The largest absolute Gasteiger partial charge is 0.385 e. The van der Waals surface area contributed by atoms with Gasteiger partial charge in [-0.1, -0.05) is 0 Å². The molecule has 0 radical (unpaired) electrons. The second-order valence-electron chi connectivity index (χ2n) is 2.93. The zero-order chi connectivity index (χ0) is 9.42. The molecule has 2 heterocycles. The number of amidine groups is 1. The minimum atomic E-state index is -0.318. The third kappa shape index (κ3) is 1.30. The van der Waals surface area contributed by atoms with E-state index in [1.54, 1.807) is 6.21 Å². The molecule has 2 atom stereocenters. The van der Waals surface area contributed by atoms with Crippen molar-refractivity contribution in [3.8, 4) is 0 Å². The van der Waals surface area contributed by atoms with E-state index in [1.807, 2.05) is 6.92 Å². The number of hydrogen-bond donors (Lipinski definition) is 2. The van der Waals surface area contributed by atoms with Gasteiger partial charge in [0.15, 0.2) is 6.17 Å². The van der Waals surface area contributed by atoms with Crippen LogP contribution in [0.5, 0.6) is 0 Å². The Kier molecular flexibility index (Phi) is 1.61. The Morgan fingerprint density at radius 2 is 2.08 bits per heavy atom. The summed E-state index contributed by atoms with van der Waals surface area (Å²) in [6.07, 6.45) is 1.34. The number of aliphatic imine (C=N–C) groups is 4. The van der Waals surface area contributed by atoms with Crippen LogP contribution in [0.25, 0.3) is 0 Å². The van der Waals surface area contributed by atoms with Crippen molar-refractivity contribution in [3.05, 3.63) is 0 Å². The summed E-state index contributed by atoms with van der Waals surface area (Å²) in [6, 6.07) is -0.266. The molecule has 0 aromatic carbocycles. The molecule has 6 heteroatoms. The normalized spacial score (nSPS) is 31.6. The standard InChI is InChI=1S/C7H10N6/c1-3-2-10-6-4(11-3)5(8)12-7(9)13-6/h2,4,6H,1H3,(H4,8,9,12,13). The van der Waals surface area contributed by atoms with E-state index in [9.17, 15) is 0 Å². The minimum absolute atomic E-state index is 0.172. The Balaban J connectivity index is 2.37. The summed E-state index contributed by atoms with van der Waals surface area (Å²) in [5.41, 5.74) is 11.9. The van der Waals surface area contributed by atoms with Crippen molar-refractivity contribution in [1.82, 2.24) is 0 Å². The first-order valence-corrected chi connectivity index (χ1v) is 3.92. The molecule has 0 bridgehead atoms. The van der Waals surface area contributed by atoms with Crippen LogP contribution in [0.15, 0.2) is 20.0 Å². The van der Waals surface area contributed by atoms with Crippen molar-refractivity contribution < 1.29 is 0 Å². The maximum absolute atomic E-state index is 5.65. The molecule has 0 saturated carbocycles. The molecule has 0 aromatic rings. The van der Waals surface area contributed by atoms with Crippen molar-refractivity contribution in [1.29, 1.82) is 0 Å². The number of nitrogens with zero attached hydrogens (tertiary/aromatic N) is 4. The highest BCUT2D eigenvalue weighted by Gasteiger charge is 2.29. The van der Waals surface area contributed by atoms with Crippen LogP contribution in [-0.2, 0) is 0 Å². The number of guanidine groups is 1. The van der Waals surface area contributed by atoms with Gasteiger partial charge in [0.1, 0.15) is 11.9 Å². The molecule has 2 aliphatic heterocycles. The van der Waals surface area contributed by atoms with Crippen molar-refractivity contribution in [2.24, 2.45) is 31.4 Å². The van der Waals surface area contributed by atoms with Crippen molar-refractivity contribution in [2.45, 2.75) is 19.1 Å². The number of rotatable bonds is 0. The smallest absolute Gasteiger partial charge is 0.219 e. The molecule has 0 aromatic heterocycles. The van der Waals surface area contributed by atoms with Gasteiger partial charge in [0.05, 0.1) is 5.71 Å². The van der Waals surface area contributed by atoms with Crippen LogP contribution in [0.1, 0.15) is 6.92 Å². The molecule has 0 aliphatic carbocycles.